The Hall–Kier alpha value is -2.56. The van der Waals surface area contributed by atoms with E-state index in [1.807, 2.05) is 30.3 Å². The molecule has 2 aromatic carbocycles. The van der Waals surface area contributed by atoms with Gasteiger partial charge in [-0.1, -0.05) is 26.0 Å². The molecule has 0 saturated carbocycles. The Kier molecular flexibility index (Phi) is 3.48. The fourth-order valence-corrected chi connectivity index (χ4v) is 1.99. The molecule has 0 aliphatic carbocycles. The second kappa shape index (κ2) is 5.44. The molecule has 1 N–H and O–H groups in total. The van der Waals surface area contributed by atoms with E-state index in [-0.39, 0.29) is 5.75 Å². The third kappa shape index (κ3) is 2.81. The van der Waals surface area contributed by atoms with E-state index >= 15 is 0 Å². The van der Waals surface area contributed by atoms with E-state index < -0.39 is 0 Å². The van der Waals surface area contributed by atoms with Crippen molar-refractivity contribution in [2.75, 3.05) is 6.61 Å². The van der Waals surface area contributed by atoms with Crippen LogP contribution in [-0.4, -0.2) is 26.7 Å². The summed E-state index contributed by atoms with van der Waals surface area (Å²) in [7, 11) is 0. The number of nitrogens with zero attached hydrogens (tertiary/aromatic N) is 3. The normalized spacial score (nSPS) is 11.2. The van der Waals surface area contributed by atoms with Gasteiger partial charge < -0.3 is 9.84 Å². The summed E-state index contributed by atoms with van der Waals surface area (Å²) in [6.07, 6.45) is 0. The monoisotopic (exact) mass is 283 g/mol. The first-order valence-electron chi connectivity index (χ1n) is 6.92. The molecule has 3 rings (SSSR count). The summed E-state index contributed by atoms with van der Waals surface area (Å²) in [5.41, 5.74) is 2.11. The van der Waals surface area contributed by atoms with Crippen LogP contribution >= 0.6 is 0 Å². The molecule has 5 heteroatoms. The number of hydrogen-bond acceptors (Lipinski definition) is 4. The number of hydrogen-bond donors (Lipinski definition) is 1. The molecule has 0 atom stereocenters. The maximum Gasteiger partial charge on any atom is 0.146 e. The van der Waals surface area contributed by atoms with Crippen LogP contribution in [0.4, 0.5) is 0 Å². The van der Waals surface area contributed by atoms with Crippen molar-refractivity contribution < 1.29 is 9.84 Å². The summed E-state index contributed by atoms with van der Waals surface area (Å²) in [5, 5.41) is 18.9. The van der Waals surface area contributed by atoms with Gasteiger partial charge in [-0.25, -0.2) is 0 Å². The van der Waals surface area contributed by atoms with Crippen LogP contribution in [0.15, 0.2) is 42.5 Å². The molecule has 5 nitrogen and oxygen atoms in total. The molecule has 0 aliphatic rings. The smallest absolute Gasteiger partial charge is 0.146 e. The van der Waals surface area contributed by atoms with Crippen LogP contribution in [0, 0.1) is 5.92 Å². The second-order valence-electron chi connectivity index (χ2n) is 5.33. The Balaban J connectivity index is 1.91. The van der Waals surface area contributed by atoms with Gasteiger partial charge in [-0.3, -0.25) is 0 Å². The number of fused-ring (bicyclic) bond motifs is 1. The predicted molar refractivity (Wildman–Crippen MR) is 80.9 cm³/mol. The summed E-state index contributed by atoms with van der Waals surface area (Å²) < 4.78 is 5.59. The first-order chi connectivity index (χ1) is 10.1. The molecule has 0 unspecified atom stereocenters. The molecular weight excluding hydrogens is 266 g/mol. The van der Waals surface area contributed by atoms with E-state index in [1.54, 1.807) is 12.1 Å². The van der Waals surface area contributed by atoms with Crippen LogP contribution in [0.3, 0.4) is 0 Å². The molecule has 0 aliphatic heterocycles. The van der Waals surface area contributed by atoms with Gasteiger partial charge in [0.2, 0.25) is 0 Å². The number of benzene rings is 2. The number of ether oxygens (including phenoxy) is 1. The van der Waals surface area contributed by atoms with Gasteiger partial charge in [0.1, 0.15) is 28.2 Å². The van der Waals surface area contributed by atoms with Crippen LogP contribution in [0.25, 0.3) is 16.7 Å². The molecule has 21 heavy (non-hydrogen) atoms. The van der Waals surface area contributed by atoms with Gasteiger partial charge in [0, 0.05) is 6.07 Å². The van der Waals surface area contributed by atoms with Crippen LogP contribution in [0.1, 0.15) is 13.8 Å². The molecule has 0 amide bonds. The molecular formula is C16H17N3O2. The lowest BCUT2D eigenvalue weighted by Crippen LogP contribution is -2.05. The van der Waals surface area contributed by atoms with E-state index in [1.165, 1.54) is 4.80 Å². The molecule has 0 fully saturated rings. The van der Waals surface area contributed by atoms with Crippen molar-refractivity contribution in [2.24, 2.45) is 5.92 Å². The molecule has 0 saturated heterocycles. The fraction of sp³-hybridized carbons (Fsp3) is 0.250. The molecule has 3 aromatic rings. The van der Waals surface area contributed by atoms with Crippen molar-refractivity contribution >= 4 is 11.0 Å². The zero-order valence-corrected chi connectivity index (χ0v) is 12.0. The van der Waals surface area contributed by atoms with Crippen molar-refractivity contribution in [1.29, 1.82) is 0 Å². The lowest BCUT2D eigenvalue weighted by Gasteiger charge is -2.10. The van der Waals surface area contributed by atoms with Crippen LogP contribution < -0.4 is 4.74 Å². The first-order valence-corrected chi connectivity index (χ1v) is 6.92. The number of aromatic hydroxyl groups is 1. The summed E-state index contributed by atoms with van der Waals surface area (Å²) in [6.45, 7) is 4.77. The highest BCUT2D eigenvalue weighted by atomic mass is 16.5. The Morgan fingerprint density at radius 3 is 2.33 bits per heavy atom. The zero-order chi connectivity index (χ0) is 14.8. The van der Waals surface area contributed by atoms with Gasteiger partial charge in [0.25, 0.3) is 0 Å². The fourth-order valence-electron chi connectivity index (χ4n) is 1.99. The minimum Gasteiger partial charge on any atom is -0.505 e. The third-order valence-corrected chi connectivity index (χ3v) is 3.03. The maximum atomic E-state index is 10.2. The molecule has 0 spiro atoms. The van der Waals surface area contributed by atoms with Crippen molar-refractivity contribution in [2.45, 2.75) is 13.8 Å². The molecule has 108 valence electrons. The zero-order valence-electron chi connectivity index (χ0n) is 12.0. The quantitative estimate of drug-likeness (QED) is 0.799. The first kappa shape index (κ1) is 13.4. The highest BCUT2D eigenvalue weighted by Gasteiger charge is 2.10. The topological polar surface area (TPSA) is 60.2 Å². The van der Waals surface area contributed by atoms with E-state index in [4.69, 9.17) is 4.74 Å². The minimum absolute atomic E-state index is 0.0940. The largest absolute Gasteiger partial charge is 0.505 e. The molecule has 0 bridgehead atoms. The Labute approximate surface area is 122 Å². The van der Waals surface area contributed by atoms with Crippen molar-refractivity contribution in [3.63, 3.8) is 0 Å². The predicted octanol–water partition coefficient (Wildman–Crippen LogP) is 3.16. The molecule has 1 heterocycles. The minimum atomic E-state index is 0.0940. The van der Waals surface area contributed by atoms with Gasteiger partial charge in [-0.05, 0) is 30.2 Å². The Morgan fingerprint density at radius 2 is 1.76 bits per heavy atom. The summed E-state index contributed by atoms with van der Waals surface area (Å²) >= 11 is 0. The summed E-state index contributed by atoms with van der Waals surface area (Å²) in [4.78, 5) is 1.44. The maximum absolute atomic E-state index is 10.2. The summed E-state index contributed by atoms with van der Waals surface area (Å²) in [5.74, 6) is 1.17. The van der Waals surface area contributed by atoms with Crippen molar-refractivity contribution in [1.82, 2.24) is 15.0 Å². The van der Waals surface area contributed by atoms with Crippen molar-refractivity contribution in [3.05, 3.63) is 42.5 Å². The van der Waals surface area contributed by atoms with Crippen LogP contribution in [-0.2, 0) is 0 Å². The number of aromatic nitrogens is 3. The highest BCUT2D eigenvalue weighted by molar-refractivity contribution is 5.73. The average Bonchev–Trinajstić information content (AvgIpc) is 2.88. The Morgan fingerprint density at radius 1 is 1.10 bits per heavy atom. The lowest BCUT2D eigenvalue weighted by molar-refractivity contribution is 0.270. The van der Waals surface area contributed by atoms with E-state index in [0.29, 0.717) is 24.0 Å². The summed E-state index contributed by atoms with van der Waals surface area (Å²) in [6, 6.07) is 12.7. The third-order valence-electron chi connectivity index (χ3n) is 3.03. The van der Waals surface area contributed by atoms with Gasteiger partial charge in [-0.15, -0.1) is 15.0 Å². The van der Waals surface area contributed by atoms with E-state index in [0.717, 1.165) is 11.0 Å². The highest BCUT2D eigenvalue weighted by Crippen LogP contribution is 2.27. The molecule has 0 radical (unpaired) electrons. The van der Waals surface area contributed by atoms with Crippen LogP contribution in [0.2, 0.25) is 0 Å². The number of phenolic OH excluding ortho intramolecular Hbond substituents is 1. The lowest BCUT2D eigenvalue weighted by atomic mass is 10.2. The number of phenols is 1. The Bertz CT molecular complexity index is 732. The van der Waals surface area contributed by atoms with E-state index in [2.05, 4.69) is 24.0 Å². The second-order valence-corrected chi connectivity index (χ2v) is 5.33. The van der Waals surface area contributed by atoms with Crippen LogP contribution in [0.5, 0.6) is 11.5 Å². The standard InChI is InChI=1S/C16H17N3O2/c1-11(2)10-21-12-7-8-15(16(20)9-12)19-17-13-5-3-4-6-14(13)18-19/h3-9,11,20H,10H2,1-2H3. The number of rotatable bonds is 4. The van der Waals surface area contributed by atoms with Gasteiger partial charge >= 0.3 is 0 Å². The van der Waals surface area contributed by atoms with E-state index in [9.17, 15) is 5.11 Å². The van der Waals surface area contributed by atoms with Crippen molar-refractivity contribution in [3.8, 4) is 17.2 Å². The molecule has 1 aromatic heterocycles. The van der Waals surface area contributed by atoms with Gasteiger partial charge in [0.15, 0.2) is 0 Å². The van der Waals surface area contributed by atoms with Gasteiger partial charge in [-0.2, -0.15) is 0 Å². The average molecular weight is 283 g/mol. The SMILES string of the molecule is CC(C)COc1ccc(-n2nc3ccccc3n2)c(O)c1. The van der Waals surface area contributed by atoms with Gasteiger partial charge in [0.05, 0.1) is 6.61 Å².